The van der Waals surface area contributed by atoms with Gasteiger partial charge in [-0.15, -0.1) is 0 Å². The number of aliphatic hydroxyl groups excluding tert-OH is 4. The van der Waals surface area contributed by atoms with Crippen LogP contribution in [0.25, 0.3) is 0 Å². The van der Waals surface area contributed by atoms with Crippen LogP contribution in [0.4, 0.5) is 0 Å². The number of aliphatic carboxylic acids is 3. The number of nitrogens with zero attached hydrogens (tertiary/aromatic N) is 1. The van der Waals surface area contributed by atoms with E-state index < -0.39 is 96.6 Å². The van der Waals surface area contributed by atoms with Crippen molar-refractivity contribution in [3.05, 3.63) is 0 Å². The zero-order valence-corrected chi connectivity index (χ0v) is 17.6. The number of aliphatic imine (C=N–C) groups is 1. The lowest BCUT2D eigenvalue weighted by atomic mass is 9.55. The van der Waals surface area contributed by atoms with Gasteiger partial charge in [-0.25, -0.2) is 9.79 Å². The maximum Gasteiger partial charge on any atom is 0.336 e. The van der Waals surface area contributed by atoms with Crippen LogP contribution in [0.5, 0.6) is 0 Å². The van der Waals surface area contributed by atoms with E-state index in [4.69, 9.17) is 35.6 Å². The van der Waals surface area contributed by atoms with Crippen LogP contribution >= 0.6 is 0 Å². The van der Waals surface area contributed by atoms with Crippen LogP contribution in [-0.2, 0) is 23.9 Å². The number of carboxylic acids is 3. The van der Waals surface area contributed by atoms with Gasteiger partial charge in [0.15, 0.2) is 23.9 Å². The van der Waals surface area contributed by atoms with Crippen LogP contribution in [0.1, 0.15) is 12.8 Å². The van der Waals surface area contributed by atoms with Crippen molar-refractivity contribution in [2.24, 2.45) is 16.6 Å². The average molecular weight is 511 g/mol. The molecular weight excluding hydrogens is 486 g/mol. The first-order chi connectivity index (χ1) is 16.0. The van der Waals surface area contributed by atoms with Crippen LogP contribution in [-0.4, -0.2) is 135 Å². The predicted molar refractivity (Wildman–Crippen MR) is 103 cm³/mol. The molecule has 1 unspecified atom stereocenters. The summed E-state index contributed by atoms with van der Waals surface area (Å²) in [7, 11) is 0. The molecule has 4 heterocycles. The molecule has 5 aliphatic rings. The fraction of sp³-hybridized carbons (Fsp3) is 0.765. The highest BCUT2D eigenvalue weighted by Crippen LogP contribution is 2.58. The molecule has 5 rings (SSSR count). The topological polar surface area (TPSA) is 322 Å². The minimum absolute atomic E-state index is 0.250. The summed E-state index contributed by atoms with van der Waals surface area (Å²) in [4.78, 5) is 34.2. The number of nitrogens with one attached hydrogen (secondary N) is 1. The smallest absolute Gasteiger partial charge is 0.336 e. The summed E-state index contributed by atoms with van der Waals surface area (Å²) >= 11 is 0. The van der Waals surface area contributed by atoms with Gasteiger partial charge in [-0.05, 0) is 0 Å². The van der Waals surface area contributed by atoms with E-state index in [2.05, 4.69) is 10.3 Å². The van der Waals surface area contributed by atoms with Crippen molar-refractivity contribution in [3.63, 3.8) is 0 Å². The highest BCUT2D eigenvalue weighted by molar-refractivity contribution is 5.88. The first kappa shape index (κ1) is 26.9. The summed E-state index contributed by atoms with van der Waals surface area (Å²) in [6.45, 7) is -0.857. The number of aliphatic hydroxyl groups is 7. The van der Waals surface area contributed by atoms with Gasteiger partial charge in [0.1, 0.15) is 29.5 Å². The number of ether oxygens (including phenoxy) is 2. The fourth-order valence-corrected chi connectivity index (χ4v) is 4.95. The molecule has 198 valence electrons. The molecule has 0 aromatic carbocycles. The van der Waals surface area contributed by atoms with E-state index in [1.807, 2.05) is 0 Å². The molecule has 1 saturated carbocycles. The van der Waals surface area contributed by atoms with Gasteiger partial charge in [0.05, 0.1) is 25.4 Å². The molecular formula is C17H25N3O15. The Hall–Kier alpha value is -2.68. The van der Waals surface area contributed by atoms with Crippen molar-refractivity contribution in [1.82, 2.24) is 5.32 Å². The van der Waals surface area contributed by atoms with Gasteiger partial charge in [0, 0.05) is 0 Å². The molecule has 0 amide bonds. The van der Waals surface area contributed by atoms with E-state index in [9.17, 15) is 45.0 Å². The third-order valence-electron chi connectivity index (χ3n) is 6.50. The predicted octanol–water partition coefficient (Wildman–Crippen LogP) is -6.77. The SMILES string of the molecule is NC1=N[C@H](O)[C@H]2[C@@H]3O[C@@]4(O)O[C@H]([C@H](O)C2(N1)[C@@H]4O)[C@]3(O)CO.O=C(O)CC(O)(CC(=O)O)C(=O)O. The summed E-state index contributed by atoms with van der Waals surface area (Å²) < 4.78 is 10.3. The van der Waals surface area contributed by atoms with E-state index in [0.717, 1.165) is 0 Å². The highest BCUT2D eigenvalue weighted by Gasteiger charge is 2.83. The molecule has 18 nitrogen and oxygen atoms in total. The van der Waals surface area contributed by atoms with Gasteiger partial charge >= 0.3 is 23.9 Å². The summed E-state index contributed by atoms with van der Waals surface area (Å²) in [6, 6.07) is 0. The second-order valence-electron chi connectivity index (χ2n) is 8.69. The quantitative estimate of drug-likeness (QED) is 0.157. The van der Waals surface area contributed by atoms with E-state index >= 15 is 0 Å². The lowest BCUT2D eigenvalue weighted by Crippen LogP contribution is -2.95. The standard InChI is InChI=1S/C11H17N3O8.C6H8O7/c12-8-13-6(17)2-4-9(19,1-15)5-3(16)10(2,14-8)7(18)11(20,21-4)22-5;7-3(8)1-6(13,5(11)12)2-4(9)10/h2-7,15-20H,1H2,(H3,12,13,14);13H,1-2H2,(H,7,8)(H,9,10)(H,11,12)/t2-,3+,4+,5-,6-,7+,9+,10?,11-;/m1./s1. The maximum atomic E-state index is 10.6. The lowest BCUT2D eigenvalue weighted by molar-refractivity contribution is -0.548. The average Bonchev–Trinajstić information content (AvgIpc) is 2.71. The number of hydrogen-bond donors (Lipinski definition) is 12. The van der Waals surface area contributed by atoms with Gasteiger partial charge in [-0.1, -0.05) is 0 Å². The minimum Gasteiger partial charge on any atom is -0.481 e. The molecule has 4 bridgehead atoms. The van der Waals surface area contributed by atoms with Crippen molar-refractivity contribution < 1.29 is 74.9 Å². The van der Waals surface area contributed by atoms with E-state index in [0.29, 0.717) is 0 Å². The normalized spacial score (nSPS) is 43.2. The molecule has 0 aromatic rings. The van der Waals surface area contributed by atoms with Crippen molar-refractivity contribution in [2.75, 3.05) is 6.61 Å². The molecule has 1 aliphatic carbocycles. The zero-order chi connectivity index (χ0) is 26.7. The zero-order valence-electron chi connectivity index (χ0n) is 17.6. The van der Waals surface area contributed by atoms with Gasteiger partial charge in [0.2, 0.25) is 0 Å². The molecule has 1 spiro atoms. The number of carboxylic acid groups (broad SMARTS) is 3. The summed E-state index contributed by atoms with van der Waals surface area (Å²) in [5, 5.41) is 98.1. The Morgan fingerprint density at radius 3 is 2.00 bits per heavy atom. The molecule has 0 radical (unpaired) electrons. The Labute approximate surface area is 194 Å². The monoisotopic (exact) mass is 511 g/mol. The van der Waals surface area contributed by atoms with Crippen molar-refractivity contribution in [2.45, 2.75) is 66.2 Å². The maximum absolute atomic E-state index is 10.6. The molecule has 9 atom stereocenters. The fourth-order valence-electron chi connectivity index (χ4n) is 4.95. The van der Waals surface area contributed by atoms with Crippen LogP contribution < -0.4 is 11.1 Å². The largest absolute Gasteiger partial charge is 0.481 e. The number of carbonyl (C=O) groups is 3. The number of guanidine groups is 1. The number of nitrogens with two attached hydrogens (primary N) is 1. The van der Waals surface area contributed by atoms with Crippen LogP contribution in [0.2, 0.25) is 0 Å². The Morgan fingerprint density at radius 2 is 1.54 bits per heavy atom. The third-order valence-corrected chi connectivity index (χ3v) is 6.50. The van der Waals surface area contributed by atoms with Crippen molar-refractivity contribution in [1.29, 1.82) is 0 Å². The lowest BCUT2D eigenvalue weighted by Gasteiger charge is -2.71. The Bertz CT molecular complexity index is 930. The summed E-state index contributed by atoms with van der Waals surface area (Å²) in [5.74, 6) is -8.96. The Kier molecular flexibility index (Phi) is 6.51. The second-order valence-corrected chi connectivity index (χ2v) is 8.69. The van der Waals surface area contributed by atoms with Crippen LogP contribution in [0.15, 0.2) is 4.99 Å². The molecule has 3 saturated heterocycles. The first-order valence-corrected chi connectivity index (χ1v) is 9.94. The third kappa shape index (κ3) is 3.88. The summed E-state index contributed by atoms with van der Waals surface area (Å²) in [6.07, 6.45) is -10.1. The first-order valence-electron chi connectivity index (χ1n) is 9.94. The molecule has 4 aliphatic heterocycles. The van der Waals surface area contributed by atoms with Crippen molar-refractivity contribution in [3.8, 4) is 0 Å². The van der Waals surface area contributed by atoms with Gasteiger partial charge in [-0.3, -0.25) is 9.59 Å². The van der Waals surface area contributed by atoms with Gasteiger partial charge < -0.3 is 71.6 Å². The molecule has 35 heavy (non-hydrogen) atoms. The van der Waals surface area contributed by atoms with Crippen molar-refractivity contribution >= 4 is 23.9 Å². The van der Waals surface area contributed by atoms with E-state index in [-0.39, 0.29) is 5.96 Å². The van der Waals surface area contributed by atoms with Crippen LogP contribution in [0.3, 0.4) is 0 Å². The Balaban J connectivity index is 0.000000228. The van der Waals surface area contributed by atoms with E-state index in [1.165, 1.54) is 0 Å². The summed E-state index contributed by atoms with van der Waals surface area (Å²) in [5.41, 5.74) is -1.00. The minimum atomic E-state index is -2.74. The molecule has 18 heteroatoms. The molecule has 13 N–H and O–H groups in total. The van der Waals surface area contributed by atoms with E-state index in [1.54, 1.807) is 0 Å². The van der Waals surface area contributed by atoms with Crippen LogP contribution in [0, 0.1) is 5.92 Å². The Morgan fingerprint density at radius 1 is 1.03 bits per heavy atom. The molecule has 4 fully saturated rings. The highest BCUT2D eigenvalue weighted by atomic mass is 16.9. The van der Waals surface area contributed by atoms with Gasteiger partial charge in [0.25, 0.3) is 0 Å². The van der Waals surface area contributed by atoms with Gasteiger partial charge in [-0.2, -0.15) is 0 Å². The second kappa shape index (κ2) is 8.47. The molecule has 0 aromatic heterocycles. The number of hydrogen-bond acceptors (Lipinski definition) is 15. The number of rotatable bonds is 6.